The number of aromatic nitrogens is 1. The van der Waals surface area contributed by atoms with Crippen LogP contribution in [-0.2, 0) is 5.75 Å². The number of thioether (sulfide) groups is 1. The van der Waals surface area contributed by atoms with Crippen molar-refractivity contribution >= 4 is 29.1 Å². The predicted molar refractivity (Wildman–Crippen MR) is 85.4 cm³/mol. The van der Waals surface area contributed by atoms with Gasteiger partial charge in [0.1, 0.15) is 5.03 Å². The molecule has 0 amide bonds. The molecule has 0 bridgehead atoms. The Morgan fingerprint density at radius 2 is 2.00 bits per heavy atom. The van der Waals surface area contributed by atoms with Crippen LogP contribution in [-0.4, -0.2) is 11.1 Å². The summed E-state index contributed by atoms with van der Waals surface area (Å²) in [5.74, 6) is 1.25. The molecule has 2 rings (SSSR count). The number of anilines is 1. The van der Waals surface area contributed by atoms with Crippen molar-refractivity contribution in [2.75, 3.05) is 5.73 Å². The van der Waals surface area contributed by atoms with Crippen molar-refractivity contribution in [2.45, 2.75) is 30.7 Å². The van der Waals surface area contributed by atoms with Crippen LogP contribution in [0.15, 0.2) is 41.4 Å². The fraction of sp³-hybridized carbons (Fsp3) is 0.267. The SMILES string of the molecule is CC(C)Oc1nc(SCc2ccccc2Cl)ccc1N. The van der Waals surface area contributed by atoms with E-state index < -0.39 is 0 Å². The van der Waals surface area contributed by atoms with Crippen LogP contribution in [0.3, 0.4) is 0 Å². The van der Waals surface area contributed by atoms with Gasteiger partial charge in [0, 0.05) is 10.8 Å². The molecule has 0 unspecified atom stereocenters. The van der Waals surface area contributed by atoms with E-state index in [1.54, 1.807) is 11.8 Å². The minimum absolute atomic E-state index is 0.0496. The summed E-state index contributed by atoms with van der Waals surface area (Å²) in [6.07, 6.45) is 0.0496. The van der Waals surface area contributed by atoms with Crippen molar-refractivity contribution in [3.05, 3.63) is 47.0 Å². The number of nitrogens with zero attached hydrogens (tertiary/aromatic N) is 1. The zero-order valence-corrected chi connectivity index (χ0v) is 13.0. The van der Waals surface area contributed by atoms with Gasteiger partial charge in [-0.15, -0.1) is 11.8 Å². The van der Waals surface area contributed by atoms with Gasteiger partial charge in [-0.3, -0.25) is 0 Å². The van der Waals surface area contributed by atoms with Gasteiger partial charge in [-0.25, -0.2) is 4.98 Å². The molecule has 1 aromatic heterocycles. The number of nitrogen functional groups attached to an aromatic ring is 1. The Hall–Kier alpha value is -1.39. The van der Waals surface area contributed by atoms with E-state index in [4.69, 9.17) is 22.1 Å². The molecule has 0 atom stereocenters. The first-order valence-corrected chi connectivity index (χ1v) is 7.72. The lowest BCUT2D eigenvalue weighted by atomic mass is 10.2. The molecule has 0 aliphatic heterocycles. The molecular formula is C15H17ClN2OS. The van der Waals surface area contributed by atoms with E-state index >= 15 is 0 Å². The van der Waals surface area contributed by atoms with E-state index in [1.165, 1.54) is 0 Å². The van der Waals surface area contributed by atoms with Crippen LogP contribution < -0.4 is 10.5 Å². The molecule has 0 radical (unpaired) electrons. The quantitative estimate of drug-likeness (QED) is 0.832. The van der Waals surface area contributed by atoms with Gasteiger partial charge >= 0.3 is 0 Å². The number of nitrogens with two attached hydrogens (primary N) is 1. The number of hydrogen-bond acceptors (Lipinski definition) is 4. The standard InChI is InChI=1S/C15H17ClN2OS/c1-10(2)19-15-13(17)7-8-14(18-15)20-9-11-5-3-4-6-12(11)16/h3-8,10H,9,17H2,1-2H3. The van der Waals surface area contributed by atoms with Gasteiger partial charge in [-0.1, -0.05) is 29.8 Å². The molecule has 1 heterocycles. The van der Waals surface area contributed by atoms with Gasteiger partial charge in [0.15, 0.2) is 0 Å². The third kappa shape index (κ3) is 4.05. The second-order valence-electron chi connectivity index (χ2n) is 4.59. The number of hydrogen-bond donors (Lipinski definition) is 1. The normalized spacial score (nSPS) is 10.8. The van der Waals surface area contributed by atoms with Crippen LogP contribution in [0.5, 0.6) is 5.88 Å². The molecule has 0 saturated heterocycles. The summed E-state index contributed by atoms with van der Waals surface area (Å²) in [7, 11) is 0. The number of rotatable bonds is 5. The van der Waals surface area contributed by atoms with Crippen molar-refractivity contribution < 1.29 is 4.74 Å². The second kappa shape index (κ2) is 6.86. The molecule has 2 N–H and O–H groups in total. The van der Waals surface area contributed by atoms with Crippen LogP contribution in [0.25, 0.3) is 0 Å². The van der Waals surface area contributed by atoms with Crippen LogP contribution in [0.4, 0.5) is 5.69 Å². The van der Waals surface area contributed by atoms with Crippen LogP contribution >= 0.6 is 23.4 Å². The Balaban J connectivity index is 2.08. The molecule has 1 aromatic carbocycles. The molecule has 2 aromatic rings. The maximum absolute atomic E-state index is 6.14. The van der Waals surface area contributed by atoms with E-state index in [0.29, 0.717) is 11.6 Å². The topological polar surface area (TPSA) is 48.1 Å². The van der Waals surface area contributed by atoms with Gasteiger partial charge < -0.3 is 10.5 Å². The second-order valence-corrected chi connectivity index (χ2v) is 5.99. The first-order chi connectivity index (χ1) is 9.56. The number of halogens is 1. The molecule has 5 heteroatoms. The van der Waals surface area contributed by atoms with E-state index in [0.717, 1.165) is 21.4 Å². The van der Waals surface area contributed by atoms with Crippen molar-refractivity contribution in [3.63, 3.8) is 0 Å². The van der Waals surface area contributed by atoms with Gasteiger partial charge in [0.2, 0.25) is 5.88 Å². The smallest absolute Gasteiger partial charge is 0.238 e. The Bertz CT molecular complexity index is 590. The summed E-state index contributed by atoms with van der Waals surface area (Å²) in [5, 5.41) is 1.64. The summed E-state index contributed by atoms with van der Waals surface area (Å²) < 4.78 is 5.59. The van der Waals surface area contributed by atoms with E-state index in [1.807, 2.05) is 50.2 Å². The van der Waals surface area contributed by atoms with Gasteiger partial charge in [-0.05, 0) is 37.6 Å². The van der Waals surface area contributed by atoms with E-state index in [2.05, 4.69) is 4.98 Å². The van der Waals surface area contributed by atoms with Crippen LogP contribution in [0.1, 0.15) is 19.4 Å². The van der Waals surface area contributed by atoms with Crippen LogP contribution in [0.2, 0.25) is 5.02 Å². The maximum Gasteiger partial charge on any atom is 0.238 e. The van der Waals surface area contributed by atoms with Crippen molar-refractivity contribution in [1.82, 2.24) is 4.98 Å². The van der Waals surface area contributed by atoms with Crippen molar-refractivity contribution in [2.24, 2.45) is 0 Å². The maximum atomic E-state index is 6.14. The fourth-order valence-corrected chi connectivity index (χ4v) is 2.75. The largest absolute Gasteiger partial charge is 0.473 e. The third-order valence-corrected chi connectivity index (χ3v) is 3.89. The monoisotopic (exact) mass is 308 g/mol. The summed E-state index contributed by atoms with van der Waals surface area (Å²) >= 11 is 7.74. The highest BCUT2D eigenvalue weighted by atomic mass is 35.5. The summed E-state index contributed by atoms with van der Waals surface area (Å²) in [6, 6.07) is 11.5. The summed E-state index contributed by atoms with van der Waals surface area (Å²) in [4.78, 5) is 4.43. The molecule has 0 aliphatic rings. The van der Waals surface area contributed by atoms with E-state index in [-0.39, 0.29) is 6.10 Å². The number of pyridine rings is 1. The Morgan fingerprint density at radius 3 is 2.70 bits per heavy atom. The number of ether oxygens (including phenoxy) is 1. The lowest BCUT2D eigenvalue weighted by molar-refractivity contribution is 0.232. The molecule has 0 fully saturated rings. The van der Waals surface area contributed by atoms with Crippen LogP contribution in [0, 0.1) is 0 Å². The third-order valence-electron chi connectivity index (χ3n) is 2.54. The minimum Gasteiger partial charge on any atom is -0.473 e. The average molecular weight is 309 g/mol. The summed E-state index contributed by atoms with van der Waals surface area (Å²) in [5.41, 5.74) is 7.49. The first-order valence-electron chi connectivity index (χ1n) is 6.35. The molecule has 0 aliphatic carbocycles. The van der Waals surface area contributed by atoms with Crippen molar-refractivity contribution in [1.29, 1.82) is 0 Å². The molecule has 106 valence electrons. The molecule has 20 heavy (non-hydrogen) atoms. The Morgan fingerprint density at radius 1 is 1.25 bits per heavy atom. The highest BCUT2D eigenvalue weighted by molar-refractivity contribution is 7.98. The molecule has 0 saturated carbocycles. The van der Waals surface area contributed by atoms with Gasteiger partial charge in [0.25, 0.3) is 0 Å². The average Bonchev–Trinajstić information content (AvgIpc) is 2.40. The lowest BCUT2D eigenvalue weighted by Gasteiger charge is -2.12. The Kier molecular flexibility index (Phi) is 5.15. The Labute approximate surface area is 128 Å². The summed E-state index contributed by atoms with van der Waals surface area (Å²) in [6.45, 7) is 3.90. The highest BCUT2D eigenvalue weighted by Gasteiger charge is 2.08. The van der Waals surface area contributed by atoms with Gasteiger partial charge in [0.05, 0.1) is 11.8 Å². The fourth-order valence-electron chi connectivity index (χ4n) is 1.60. The molecular weight excluding hydrogens is 292 g/mol. The highest BCUT2D eigenvalue weighted by Crippen LogP contribution is 2.29. The zero-order valence-electron chi connectivity index (χ0n) is 11.5. The van der Waals surface area contributed by atoms with Crippen molar-refractivity contribution in [3.8, 4) is 5.88 Å². The molecule has 0 spiro atoms. The first kappa shape index (κ1) is 15.0. The van der Waals surface area contributed by atoms with E-state index in [9.17, 15) is 0 Å². The number of benzene rings is 1. The lowest BCUT2D eigenvalue weighted by Crippen LogP contribution is -2.09. The van der Waals surface area contributed by atoms with Gasteiger partial charge in [-0.2, -0.15) is 0 Å². The zero-order chi connectivity index (χ0) is 14.5. The minimum atomic E-state index is 0.0496. The molecule has 3 nitrogen and oxygen atoms in total. The predicted octanol–water partition coefficient (Wildman–Crippen LogP) is 4.40.